The summed E-state index contributed by atoms with van der Waals surface area (Å²) in [5.41, 5.74) is 1.72. The lowest BCUT2D eigenvalue weighted by Crippen LogP contribution is -2.48. The highest BCUT2D eigenvalue weighted by Crippen LogP contribution is 2.32. The molecule has 7 nitrogen and oxygen atoms in total. The van der Waals surface area contributed by atoms with Crippen LogP contribution in [0.15, 0.2) is 54.6 Å². The molecule has 28 heavy (non-hydrogen) atoms. The lowest BCUT2D eigenvalue weighted by atomic mass is 10.2. The maximum absolute atomic E-state index is 12.5. The molecule has 2 aromatic rings. The van der Waals surface area contributed by atoms with Gasteiger partial charge in [-0.3, -0.25) is 9.59 Å². The smallest absolute Gasteiger partial charge is 0.247 e. The summed E-state index contributed by atoms with van der Waals surface area (Å²) in [6.45, 7) is 0.0838. The number of rotatable bonds is 7. The second-order valence-corrected chi connectivity index (χ2v) is 6.37. The van der Waals surface area contributed by atoms with Gasteiger partial charge in [0.05, 0.1) is 6.61 Å². The molecule has 1 atom stereocenters. The normalized spacial score (nSPS) is 13.4. The van der Waals surface area contributed by atoms with Gasteiger partial charge >= 0.3 is 0 Å². The van der Waals surface area contributed by atoms with Crippen LogP contribution in [0.25, 0.3) is 6.08 Å². The molecule has 0 fully saturated rings. The number of carbonyl (C=O) groups is 2. The zero-order valence-electron chi connectivity index (χ0n) is 15.5. The summed E-state index contributed by atoms with van der Waals surface area (Å²) in [6.07, 6.45) is 2.91. The minimum Gasteiger partial charge on any atom is -0.454 e. The third-order valence-electron chi connectivity index (χ3n) is 4.26. The van der Waals surface area contributed by atoms with Crippen LogP contribution in [-0.4, -0.2) is 48.3 Å². The van der Waals surface area contributed by atoms with Crippen molar-refractivity contribution >= 4 is 17.9 Å². The molecule has 2 aromatic carbocycles. The summed E-state index contributed by atoms with van der Waals surface area (Å²) in [4.78, 5) is 26.2. The van der Waals surface area contributed by atoms with Crippen LogP contribution in [0.4, 0.5) is 0 Å². The summed E-state index contributed by atoms with van der Waals surface area (Å²) in [5.74, 6) is 0.442. The first kappa shape index (κ1) is 19.4. The van der Waals surface area contributed by atoms with Gasteiger partial charge in [-0.15, -0.1) is 0 Å². The van der Waals surface area contributed by atoms with Crippen molar-refractivity contribution in [3.05, 3.63) is 65.7 Å². The summed E-state index contributed by atoms with van der Waals surface area (Å²) in [6, 6.07) is 13.8. The number of nitrogens with zero attached hydrogens (tertiary/aromatic N) is 1. The van der Waals surface area contributed by atoms with E-state index in [-0.39, 0.29) is 12.7 Å². The van der Waals surface area contributed by atoms with Crippen molar-refractivity contribution in [3.63, 3.8) is 0 Å². The van der Waals surface area contributed by atoms with E-state index < -0.39 is 18.6 Å². The summed E-state index contributed by atoms with van der Waals surface area (Å²) < 4.78 is 10.5. The van der Waals surface area contributed by atoms with Gasteiger partial charge in [-0.1, -0.05) is 36.4 Å². The van der Waals surface area contributed by atoms with Crippen molar-refractivity contribution < 1.29 is 24.2 Å². The molecule has 1 aliphatic rings. The molecule has 1 heterocycles. The molecule has 3 rings (SSSR count). The highest BCUT2D eigenvalue weighted by Gasteiger charge is 2.22. The van der Waals surface area contributed by atoms with Crippen molar-refractivity contribution in [1.29, 1.82) is 0 Å². The maximum Gasteiger partial charge on any atom is 0.247 e. The number of amides is 2. The molecule has 0 unspecified atom stereocenters. The Labute approximate surface area is 163 Å². The molecule has 0 saturated carbocycles. The number of aliphatic hydroxyl groups excluding tert-OH is 1. The topological polar surface area (TPSA) is 88.1 Å². The predicted octanol–water partition coefficient (Wildman–Crippen LogP) is 1.56. The minimum atomic E-state index is -1.01. The van der Waals surface area contributed by atoms with Gasteiger partial charge in [0.15, 0.2) is 11.5 Å². The molecule has 1 aliphatic heterocycles. The van der Waals surface area contributed by atoms with E-state index >= 15 is 0 Å². The second kappa shape index (κ2) is 9.05. The zero-order valence-corrected chi connectivity index (χ0v) is 15.5. The highest BCUT2D eigenvalue weighted by atomic mass is 16.7. The van der Waals surface area contributed by atoms with Crippen LogP contribution >= 0.6 is 0 Å². The first-order valence-corrected chi connectivity index (χ1v) is 8.85. The quantitative estimate of drug-likeness (QED) is 0.710. The number of ether oxygens (including phenoxy) is 2. The Morgan fingerprint density at radius 1 is 1.18 bits per heavy atom. The maximum atomic E-state index is 12.5. The first-order valence-electron chi connectivity index (χ1n) is 8.85. The van der Waals surface area contributed by atoms with Gasteiger partial charge in [0, 0.05) is 19.7 Å². The SMILES string of the molecule is CN(Cc1ccccc1)C(=O)[C@H](CO)NC(=O)C=Cc1ccc2c(c1)OCO2. The Morgan fingerprint density at radius 2 is 1.93 bits per heavy atom. The molecule has 0 radical (unpaired) electrons. The van der Waals surface area contributed by atoms with E-state index in [1.54, 1.807) is 31.3 Å². The molecule has 0 spiro atoms. The number of hydrogen-bond acceptors (Lipinski definition) is 5. The fourth-order valence-corrected chi connectivity index (χ4v) is 2.80. The molecule has 2 amide bonds. The number of fused-ring (bicyclic) bond motifs is 1. The van der Waals surface area contributed by atoms with E-state index in [2.05, 4.69) is 5.32 Å². The number of hydrogen-bond donors (Lipinski definition) is 2. The van der Waals surface area contributed by atoms with Crippen LogP contribution in [-0.2, 0) is 16.1 Å². The predicted molar refractivity (Wildman–Crippen MR) is 104 cm³/mol. The third kappa shape index (κ3) is 4.89. The van der Waals surface area contributed by atoms with Gasteiger partial charge in [-0.05, 0) is 29.3 Å². The van der Waals surface area contributed by atoms with E-state index in [9.17, 15) is 14.7 Å². The average Bonchev–Trinajstić information content (AvgIpc) is 3.18. The Kier molecular flexibility index (Phi) is 6.29. The van der Waals surface area contributed by atoms with Crippen LogP contribution in [0.1, 0.15) is 11.1 Å². The zero-order chi connectivity index (χ0) is 19.9. The number of benzene rings is 2. The number of aliphatic hydroxyl groups is 1. The summed E-state index contributed by atoms with van der Waals surface area (Å²) >= 11 is 0. The van der Waals surface area contributed by atoms with Crippen molar-refractivity contribution in [2.75, 3.05) is 20.4 Å². The van der Waals surface area contributed by atoms with Gasteiger partial charge in [0.25, 0.3) is 0 Å². The minimum absolute atomic E-state index is 0.180. The summed E-state index contributed by atoms with van der Waals surface area (Å²) in [7, 11) is 1.63. The molecule has 146 valence electrons. The standard InChI is InChI=1S/C21H22N2O5/c1-23(12-16-5-3-2-4-6-16)21(26)17(13-24)22-20(25)10-8-15-7-9-18-19(11-15)28-14-27-18/h2-11,17,24H,12-14H2,1H3,(H,22,25)/t17-/m0/s1. The Hall–Kier alpha value is -3.32. The van der Waals surface area contributed by atoms with Gasteiger partial charge in [0.1, 0.15) is 6.04 Å². The fraction of sp³-hybridized carbons (Fsp3) is 0.238. The molecular weight excluding hydrogens is 360 g/mol. The van der Waals surface area contributed by atoms with E-state index in [0.29, 0.717) is 18.0 Å². The Bertz CT molecular complexity index is 866. The Balaban J connectivity index is 1.57. The van der Waals surface area contributed by atoms with Gasteiger partial charge < -0.3 is 24.8 Å². The lowest BCUT2D eigenvalue weighted by Gasteiger charge is -2.23. The summed E-state index contributed by atoms with van der Waals surface area (Å²) in [5, 5.41) is 12.1. The molecule has 0 aliphatic carbocycles. The van der Waals surface area contributed by atoms with Gasteiger partial charge in [-0.25, -0.2) is 0 Å². The van der Waals surface area contributed by atoms with Crippen molar-refractivity contribution in [1.82, 2.24) is 10.2 Å². The van der Waals surface area contributed by atoms with Crippen LogP contribution in [0.5, 0.6) is 11.5 Å². The second-order valence-electron chi connectivity index (χ2n) is 6.37. The van der Waals surface area contributed by atoms with E-state index in [4.69, 9.17) is 9.47 Å². The largest absolute Gasteiger partial charge is 0.454 e. The van der Waals surface area contributed by atoms with Crippen LogP contribution < -0.4 is 14.8 Å². The van der Waals surface area contributed by atoms with Crippen LogP contribution in [0, 0.1) is 0 Å². The molecular formula is C21H22N2O5. The molecule has 0 saturated heterocycles. The van der Waals surface area contributed by atoms with Gasteiger partial charge in [0.2, 0.25) is 18.6 Å². The molecule has 7 heteroatoms. The van der Waals surface area contributed by atoms with E-state index in [1.807, 2.05) is 30.3 Å². The van der Waals surface area contributed by atoms with Crippen LogP contribution in [0.2, 0.25) is 0 Å². The fourth-order valence-electron chi connectivity index (χ4n) is 2.80. The number of carbonyl (C=O) groups excluding carboxylic acids is 2. The van der Waals surface area contributed by atoms with Gasteiger partial charge in [-0.2, -0.15) is 0 Å². The third-order valence-corrected chi connectivity index (χ3v) is 4.26. The van der Waals surface area contributed by atoms with Crippen molar-refractivity contribution in [2.24, 2.45) is 0 Å². The van der Waals surface area contributed by atoms with E-state index in [0.717, 1.165) is 11.1 Å². The highest BCUT2D eigenvalue weighted by molar-refractivity contribution is 5.95. The van der Waals surface area contributed by atoms with Crippen molar-refractivity contribution in [3.8, 4) is 11.5 Å². The average molecular weight is 382 g/mol. The molecule has 0 bridgehead atoms. The number of nitrogens with one attached hydrogen (secondary N) is 1. The van der Waals surface area contributed by atoms with Crippen LogP contribution in [0.3, 0.4) is 0 Å². The van der Waals surface area contributed by atoms with E-state index in [1.165, 1.54) is 11.0 Å². The lowest BCUT2D eigenvalue weighted by molar-refractivity contribution is -0.136. The van der Waals surface area contributed by atoms with Crippen molar-refractivity contribution in [2.45, 2.75) is 12.6 Å². The molecule has 0 aromatic heterocycles. The monoisotopic (exact) mass is 382 g/mol. The number of likely N-dealkylation sites (N-methyl/N-ethyl adjacent to an activating group) is 1. The molecule has 2 N–H and O–H groups in total. The first-order chi connectivity index (χ1) is 13.6. The Morgan fingerprint density at radius 3 is 2.68 bits per heavy atom.